The minimum atomic E-state index is -0.224. The number of hydrogen-bond acceptors (Lipinski definition) is 4. The van der Waals surface area contributed by atoms with Crippen molar-refractivity contribution in [1.82, 2.24) is 19.5 Å². The van der Waals surface area contributed by atoms with Crippen LogP contribution in [0.3, 0.4) is 0 Å². The average molecular weight is 234 g/mol. The molecule has 2 heterocycles. The van der Waals surface area contributed by atoms with E-state index in [4.69, 9.17) is 0 Å². The Morgan fingerprint density at radius 2 is 1.94 bits per heavy atom. The highest BCUT2D eigenvalue weighted by atomic mass is 16.3. The molecule has 1 fully saturated rings. The van der Waals surface area contributed by atoms with Gasteiger partial charge in [0.15, 0.2) is 11.3 Å². The quantitative estimate of drug-likeness (QED) is 0.756. The molecule has 2 aromatic rings. The Hall–Kier alpha value is -1.69. The minimum Gasteiger partial charge on any atom is -0.393 e. The van der Waals surface area contributed by atoms with Gasteiger partial charge in [0.05, 0.1) is 6.10 Å². The molecule has 2 N–H and O–H groups in total. The molecule has 6 nitrogen and oxygen atoms in total. The molecule has 1 aliphatic rings. The molecule has 1 saturated carbocycles. The van der Waals surface area contributed by atoms with Gasteiger partial charge >= 0.3 is 5.69 Å². The van der Waals surface area contributed by atoms with Gasteiger partial charge in [-0.05, 0) is 25.7 Å². The van der Waals surface area contributed by atoms with Crippen LogP contribution in [0.1, 0.15) is 31.7 Å². The molecule has 3 rings (SSSR count). The lowest BCUT2D eigenvalue weighted by Crippen LogP contribution is -2.27. The third-order valence-corrected chi connectivity index (χ3v) is 3.38. The van der Waals surface area contributed by atoms with Crippen LogP contribution in [0.2, 0.25) is 0 Å². The number of aliphatic hydroxyl groups is 1. The number of aromatic amines is 1. The summed E-state index contributed by atoms with van der Waals surface area (Å²) in [5.41, 5.74) is 0.982. The van der Waals surface area contributed by atoms with Crippen molar-refractivity contribution in [3.05, 3.63) is 22.9 Å². The van der Waals surface area contributed by atoms with E-state index in [-0.39, 0.29) is 17.8 Å². The molecular weight excluding hydrogens is 220 g/mol. The van der Waals surface area contributed by atoms with E-state index in [0.29, 0.717) is 11.3 Å². The number of fused-ring (bicyclic) bond motifs is 1. The SMILES string of the molecule is O=c1[nH]c2nccnc2n1C1CCC(O)CC1. The molecule has 0 bridgehead atoms. The Balaban J connectivity index is 2.05. The van der Waals surface area contributed by atoms with Crippen LogP contribution in [0.5, 0.6) is 0 Å². The van der Waals surface area contributed by atoms with Gasteiger partial charge in [0, 0.05) is 18.4 Å². The van der Waals surface area contributed by atoms with Gasteiger partial charge in [0.1, 0.15) is 0 Å². The Bertz CT molecular complexity index is 580. The maximum atomic E-state index is 11.9. The van der Waals surface area contributed by atoms with Gasteiger partial charge in [0.25, 0.3) is 0 Å². The Morgan fingerprint density at radius 1 is 1.24 bits per heavy atom. The first kappa shape index (κ1) is 10.5. The van der Waals surface area contributed by atoms with Crippen molar-refractivity contribution in [1.29, 1.82) is 0 Å². The van der Waals surface area contributed by atoms with E-state index in [9.17, 15) is 9.90 Å². The molecule has 0 aromatic carbocycles. The third-order valence-electron chi connectivity index (χ3n) is 3.38. The van der Waals surface area contributed by atoms with E-state index in [1.807, 2.05) is 0 Å². The first-order valence-corrected chi connectivity index (χ1v) is 5.85. The summed E-state index contributed by atoms with van der Waals surface area (Å²) in [6, 6.07) is 0.122. The largest absolute Gasteiger partial charge is 0.393 e. The van der Waals surface area contributed by atoms with E-state index >= 15 is 0 Å². The van der Waals surface area contributed by atoms with Crippen molar-refractivity contribution >= 4 is 11.3 Å². The van der Waals surface area contributed by atoms with Gasteiger partial charge in [-0.3, -0.25) is 9.55 Å². The van der Waals surface area contributed by atoms with Crippen molar-refractivity contribution in [2.45, 2.75) is 37.8 Å². The zero-order chi connectivity index (χ0) is 11.8. The molecule has 2 aromatic heterocycles. The van der Waals surface area contributed by atoms with E-state index in [1.54, 1.807) is 17.0 Å². The maximum Gasteiger partial charge on any atom is 0.329 e. The highest BCUT2D eigenvalue weighted by Crippen LogP contribution is 2.28. The first-order valence-electron chi connectivity index (χ1n) is 5.85. The second-order valence-corrected chi connectivity index (χ2v) is 4.49. The monoisotopic (exact) mass is 234 g/mol. The van der Waals surface area contributed by atoms with Crippen molar-refractivity contribution in [2.75, 3.05) is 0 Å². The smallest absolute Gasteiger partial charge is 0.329 e. The second-order valence-electron chi connectivity index (χ2n) is 4.49. The predicted octanol–water partition coefficient (Wildman–Crippen LogP) is 0.596. The van der Waals surface area contributed by atoms with Gasteiger partial charge in [-0.15, -0.1) is 0 Å². The number of hydrogen-bond donors (Lipinski definition) is 2. The van der Waals surface area contributed by atoms with Gasteiger partial charge in [-0.1, -0.05) is 0 Å². The number of nitrogens with zero attached hydrogens (tertiary/aromatic N) is 3. The lowest BCUT2D eigenvalue weighted by Gasteiger charge is -2.25. The van der Waals surface area contributed by atoms with Crippen LogP contribution in [0.4, 0.5) is 0 Å². The molecule has 0 amide bonds. The molecule has 90 valence electrons. The lowest BCUT2D eigenvalue weighted by atomic mass is 9.93. The van der Waals surface area contributed by atoms with Crippen molar-refractivity contribution in [3.63, 3.8) is 0 Å². The fourth-order valence-electron chi connectivity index (χ4n) is 2.51. The Kier molecular flexibility index (Phi) is 2.44. The number of imidazole rings is 1. The fourth-order valence-corrected chi connectivity index (χ4v) is 2.51. The van der Waals surface area contributed by atoms with Crippen LogP contribution in [-0.4, -0.2) is 30.7 Å². The topological polar surface area (TPSA) is 83.8 Å². The van der Waals surface area contributed by atoms with Gasteiger partial charge in [0.2, 0.25) is 0 Å². The zero-order valence-corrected chi connectivity index (χ0v) is 9.33. The molecule has 0 spiro atoms. The van der Waals surface area contributed by atoms with Crippen molar-refractivity contribution in [3.8, 4) is 0 Å². The summed E-state index contributed by atoms with van der Waals surface area (Å²) in [5.74, 6) is 0. The summed E-state index contributed by atoms with van der Waals surface area (Å²) in [5, 5.41) is 9.48. The van der Waals surface area contributed by atoms with Crippen LogP contribution in [0.15, 0.2) is 17.2 Å². The van der Waals surface area contributed by atoms with E-state index in [0.717, 1.165) is 25.7 Å². The van der Waals surface area contributed by atoms with Gasteiger partial charge in [-0.25, -0.2) is 14.8 Å². The van der Waals surface area contributed by atoms with Crippen LogP contribution in [0, 0.1) is 0 Å². The molecule has 0 saturated heterocycles. The van der Waals surface area contributed by atoms with E-state index in [1.165, 1.54) is 0 Å². The zero-order valence-electron chi connectivity index (χ0n) is 9.33. The molecule has 0 atom stereocenters. The Morgan fingerprint density at radius 3 is 2.71 bits per heavy atom. The number of H-pyrrole nitrogens is 1. The van der Waals surface area contributed by atoms with Crippen LogP contribution >= 0.6 is 0 Å². The van der Waals surface area contributed by atoms with Gasteiger partial charge in [-0.2, -0.15) is 0 Å². The van der Waals surface area contributed by atoms with Crippen LogP contribution < -0.4 is 5.69 Å². The standard InChI is InChI=1S/C11H14N4O2/c16-8-3-1-7(2-4-8)15-10-9(14-11(15)17)12-5-6-13-10/h5-8,16H,1-4H2,(H,12,14,17). The lowest BCUT2D eigenvalue weighted by molar-refractivity contribution is 0.111. The second kappa shape index (κ2) is 3.96. The predicted molar refractivity (Wildman–Crippen MR) is 61.7 cm³/mol. The summed E-state index contributed by atoms with van der Waals surface area (Å²) in [6.45, 7) is 0. The highest BCUT2D eigenvalue weighted by molar-refractivity contribution is 5.64. The summed E-state index contributed by atoms with van der Waals surface area (Å²) in [6.07, 6.45) is 6.03. The highest BCUT2D eigenvalue weighted by Gasteiger charge is 2.24. The number of rotatable bonds is 1. The fraction of sp³-hybridized carbons (Fsp3) is 0.545. The Labute approximate surface area is 97.3 Å². The molecular formula is C11H14N4O2. The third kappa shape index (κ3) is 1.74. The van der Waals surface area contributed by atoms with Crippen molar-refractivity contribution in [2.24, 2.45) is 0 Å². The molecule has 1 aliphatic carbocycles. The van der Waals surface area contributed by atoms with Crippen LogP contribution in [0.25, 0.3) is 11.3 Å². The van der Waals surface area contributed by atoms with Crippen molar-refractivity contribution < 1.29 is 5.11 Å². The number of aromatic nitrogens is 4. The van der Waals surface area contributed by atoms with E-state index in [2.05, 4.69) is 15.0 Å². The average Bonchev–Trinajstić information content (AvgIpc) is 2.66. The molecule has 0 radical (unpaired) electrons. The molecule has 6 heteroatoms. The first-order chi connectivity index (χ1) is 8.25. The summed E-state index contributed by atoms with van der Waals surface area (Å²) < 4.78 is 1.67. The van der Waals surface area contributed by atoms with Gasteiger partial charge < -0.3 is 5.11 Å². The molecule has 0 aliphatic heterocycles. The normalized spacial score (nSPS) is 25.2. The minimum absolute atomic E-state index is 0.122. The van der Waals surface area contributed by atoms with Crippen LogP contribution in [-0.2, 0) is 0 Å². The summed E-state index contributed by atoms with van der Waals surface area (Å²) in [7, 11) is 0. The number of nitrogens with one attached hydrogen (secondary N) is 1. The summed E-state index contributed by atoms with van der Waals surface area (Å²) >= 11 is 0. The summed E-state index contributed by atoms with van der Waals surface area (Å²) in [4.78, 5) is 22.9. The molecule has 0 unspecified atom stereocenters. The van der Waals surface area contributed by atoms with E-state index < -0.39 is 0 Å². The molecule has 17 heavy (non-hydrogen) atoms. The maximum absolute atomic E-state index is 11.9. The number of aliphatic hydroxyl groups excluding tert-OH is 1.